The lowest BCUT2D eigenvalue weighted by atomic mass is 10.0. The summed E-state index contributed by atoms with van der Waals surface area (Å²) in [5.74, 6) is 1.32. The van der Waals surface area contributed by atoms with E-state index < -0.39 is 0 Å². The summed E-state index contributed by atoms with van der Waals surface area (Å²) in [4.78, 5) is 26.6. The molecular formula is C19H22N2O4. The molecule has 0 radical (unpaired) electrons. The minimum Gasteiger partial charge on any atom is -0.497 e. The summed E-state index contributed by atoms with van der Waals surface area (Å²) >= 11 is 0. The van der Waals surface area contributed by atoms with Crippen molar-refractivity contribution in [2.75, 3.05) is 20.8 Å². The molecule has 6 heteroatoms. The van der Waals surface area contributed by atoms with E-state index in [0.717, 1.165) is 29.9 Å². The second-order valence-electron chi connectivity index (χ2n) is 6.13. The predicted molar refractivity (Wildman–Crippen MR) is 94.2 cm³/mol. The smallest absolute Gasteiger partial charge is 0.254 e. The van der Waals surface area contributed by atoms with Crippen LogP contribution in [0, 0.1) is 0 Å². The molecule has 2 heterocycles. The van der Waals surface area contributed by atoms with Crippen LogP contribution in [0.2, 0.25) is 0 Å². The number of pyridine rings is 1. The van der Waals surface area contributed by atoms with Crippen molar-refractivity contribution in [1.29, 1.82) is 0 Å². The highest BCUT2D eigenvalue weighted by Crippen LogP contribution is 2.39. The van der Waals surface area contributed by atoms with Crippen LogP contribution in [-0.4, -0.2) is 36.1 Å². The summed E-state index contributed by atoms with van der Waals surface area (Å²) < 4.78 is 12.2. The van der Waals surface area contributed by atoms with E-state index in [1.165, 1.54) is 10.6 Å². The van der Waals surface area contributed by atoms with E-state index in [1.807, 2.05) is 23.1 Å². The summed E-state index contributed by atoms with van der Waals surface area (Å²) in [6, 6.07) is 8.58. The number of hydrogen-bond donors (Lipinski definition) is 0. The van der Waals surface area contributed by atoms with Gasteiger partial charge in [-0.3, -0.25) is 9.59 Å². The molecule has 0 bridgehead atoms. The van der Waals surface area contributed by atoms with Crippen molar-refractivity contribution in [3.8, 4) is 11.5 Å². The van der Waals surface area contributed by atoms with E-state index in [4.69, 9.17) is 9.47 Å². The highest BCUT2D eigenvalue weighted by Gasteiger charge is 2.32. The fraction of sp³-hybridized carbons (Fsp3) is 0.368. The molecule has 0 spiro atoms. The average Bonchev–Trinajstić information content (AvgIpc) is 3.12. The Labute approximate surface area is 146 Å². The molecule has 2 aromatic rings. The SMILES string of the molecule is COc1ccc(OC)c(C2CCCN2C(=O)c2ccn(C)c(=O)c2)c1. The minimum absolute atomic E-state index is 0.0957. The number of carbonyl (C=O) groups is 1. The summed E-state index contributed by atoms with van der Waals surface area (Å²) in [6.07, 6.45) is 3.37. The molecule has 0 saturated carbocycles. The largest absolute Gasteiger partial charge is 0.497 e. The van der Waals surface area contributed by atoms with Crippen LogP contribution in [0.25, 0.3) is 0 Å². The summed E-state index contributed by atoms with van der Waals surface area (Å²) in [5.41, 5.74) is 1.15. The highest BCUT2D eigenvalue weighted by atomic mass is 16.5. The lowest BCUT2D eigenvalue weighted by Gasteiger charge is -2.26. The van der Waals surface area contributed by atoms with Crippen LogP contribution in [0.5, 0.6) is 11.5 Å². The molecule has 0 N–H and O–H groups in total. The summed E-state index contributed by atoms with van der Waals surface area (Å²) in [7, 11) is 4.90. The molecule has 1 unspecified atom stereocenters. The Morgan fingerprint density at radius 1 is 1.16 bits per heavy atom. The van der Waals surface area contributed by atoms with Crippen molar-refractivity contribution < 1.29 is 14.3 Å². The summed E-state index contributed by atoms with van der Waals surface area (Å²) in [6.45, 7) is 0.652. The molecule has 1 amide bonds. The first-order chi connectivity index (χ1) is 12.0. The Morgan fingerprint density at radius 2 is 1.96 bits per heavy atom. The number of carbonyl (C=O) groups excluding carboxylic acids is 1. The van der Waals surface area contributed by atoms with Gasteiger partial charge in [-0.15, -0.1) is 0 Å². The number of likely N-dealkylation sites (tertiary alicyclic amines) is 1. The average molecular weight is 342 g/mol. The van der Waals surface area contributed by atoms with Gasteiger partial charge >= 0.3 is 0 Å². The van der Waals surface area contributed by atoms with Crippen LogP contribution in [-0.2, 0) is 7.05 Å². The van der Waals surface area contributed by atoms with E-state index in [-0.39, 0.29) is 17.5 Å². The second-order valence-corrected chi connectivity index (χ2v) is 6.13. The zero-order valence-electron chi connectivity index (χ0n) is 14.7. The Kier molecular flexibility index (Phi) is 4.79. The Bertz CT molecular complexity index is 844. The van der Waals surface area contributed by atoms with Crippen LogP contribution in [0.3, 0.4) is 0 Å². The van der Waals surface area contributed by atoms with Gasteiger partial charge in [-0.25, -0.2) is 0 Å². The standard InChI is InChI=1S/C19H22N2O4/c1-20-10-8-13(11-18(20)22)19(23)21-9-4-5-16(21)15-12-14(24-2)6-7-17(15)25-3/h6-8,10-12,16H,4-5,9H2,1-3H3. The number of nitrogens with zero attached hydrogens (tertiary/aromatic N) is 2. The molecule has 1 atom stereocenters. The second kappa shape index (κ2) is 7.01. The number of ether oxygens (including phenoxy) is 2. The number of benzene rings is 1. The van der Waals surface area contributed by atoms with Gasteiger partial charge in [-0.05, 0) is 37.1 Å². The monoisotopic (exact) mass is 342 g/mol. The molecule has 6 nitrogen and oxygen atoms in total. The van der Waals surface area contributed by atoms with E-state index in [1.54, 1.807) is 33.5 Å². The number of aromatic nitrogens is 1. The van der Waals surface area contributed by atoms with Crippen molar-refractivity contribution >= 4 is 5.91 Å². The fourth-order valence-electron chi connectivity index (χ4n) is 3.28. The number of methoxy groups -OCH3 is 2. The maximum Gasteiger partial charge on any atom is 0.254 e. The first kappa shape index (κ1) is 17.1. The normalized spacial score (nSPS) is 16.8. The van der Waals surface area contributed by atoms with Gasteiger partial charge in [0.1, 0.15) is 11.5 Å². The first-order valence-electron chi connectivity index (χ1n) is 8.24. The third-order valence-electron chi connectivity index (χ3n) is 4.66. The maximum atomic E-state index is 13.0. The number of aryl methyl sites for hydroxylation is 1. The van der Waals surface area contributed by atoms with Crippen molar-refractivity contribution in [2.45, 2.75) is 18.9 Å². The molecule has 132 valence electrons. The lowest BCUT2D eigenvalue weighted by molar-refractivity contribution is 0.0733. The summed E-state index contributed by atoms with van der Waals surface area (Å²) in [5, 5.41) is 0. The molecule has 1 aromatic heterocycles. The maximum absolute atomic E-state index is 13.0. The van der Waals surface area contributed by atoms with Crippen LogP contribution in [0.1, 0.15) is 34.8 Å². The van der Waals surface area contributed by atoms with Crippen molar-refractivity contribution in [3.63, 3.8) is 0 Å². The van der Waals surface area contributed by atoms with Gasteiger partial charge < -0.3 is 18.9 Å². The molecule has 1 aromatic carbocycles. The Morgan fingerprint density at radius 3 is 2.64 bits per heavy atom. The van der Waals surface area contributed by atoms with Crippen molar-refractivity contribution in [3.05, 3.63) is 58.0 Å². The van der Waals surface area contributed by atoms with Gasteiger partial charge in [0.05, 0.1) is 20.3 Å². The number of rotatable bonds is 4. The number of hydrogen-bond acceptors (Lipinski definition) is 4. The van der Waals surface area contributed by atoms with Crippen molar-refractivity contribution in [1.82, 2.24) is 9.47 Å². The third-order valence-corrected chi connectivity index (χ3v) is 4.66. The molecule has 1 aliphatic rings. The molecular weight excluding hydrogens is 320 g/mol. The van der Waals surface area contributed by atoms with E-state index in [2.05, 4.69) is 0 Å². The molecule has 1 fully saturated rings. The number of amides is 1. The fourth-order valence-corrected chi connectivity index (χ4v) is 3.28. The quantitative estimate of drug-likeness (QED) is 0.856. The van der Waals surface area contributed by atoms with E-state index in [0.29, 0.717) is 12.1 Å². The van der Waals surface area contributed by atoms with Crippen LogP contribution < -0.4 is 15.0 Å². The highest BCUT2D eigenvalue weighted by molar-refractivity contribution is 5.94. The Hall–Kier alpha value is -2.76. The topological polar surface area (TPSA) is 60.8 Å². The Balaban J connectivity index is 1.96. The van der Waals surface area contributed by atoms with Crippen LogP contribution >= 0.6 is 0 Å². The van der Waals surface area contributed by atoms with Gasteiger partial charge in [0, 0.05) is 37.0 Å². The molecule has 25 heavy (non-hydrogen) atoms. The van der Waals surface area contributed by atoms with Crippen LogP contribution in [0.4, 0.5) is 0 Å². The third kappa shape index (κ3) is 3.24. The van der Waals surface area contributed by atoms with Gasteiger partial charge in [-0.1, -0.05) is 0 Å². The predicted octanol–water partition coefficient (Wildman–Crippen LogP) is 2.38. The van der Waals surface area contributed by atoms with Crippen molar-refractivity contribution in [2.24, 2.45) is 7.05 Å². The van der Waals surface area contributed by atoms with Gasteiger partial charge in [0.15, 0.2) is 0 Å². The molecule has 0 aliphatic carbocycles. The van der Waals surface area contributed by atoms with Gasteiger partial charge in [-0.2, -0.15) is 0 Å². The van der Waals surface area contributed by atoms with Crippen LogP contribution in [0.15, 0.2) is 41.3 Å². The van der Waals surface area contributed by atoms with E-state index in [9.17, 15) is 9.59 Å². The zero-order chi connectivity index (χ0) is 18.0. The lowest BCUT2D eigenvalue weighted by Crippen LogP contribution is -2.32. The molecule has 1 saturated heterocycles. The molecule has 1 aliphatic heterocycles. The van der Waals surface area contributed by atoms with Gasteiger partial charge in [0.25, 0.3) is 11.5 Å². The van der Waals surface area contributed by atoms with E-state index >= 15 is 0 Å². The van der Waals surface area contributed by atoms with Gasteiger partial charge in [0.2, 0.25) is 0 Å². The zero-order valence-corrected chi connectivity index (χ0v) is 14.7. The minimum atomic E-state index is -0.194. The first-order valence-corrected chi connectivity index (χ1v) is 8.24. The molecule has 3 rings (SSSR count).